The maximum absolute atomic E-state index is 12.1. The summed E-state index contributed by atoms with van der Waals surface area (Å²) in [5.41, 5.74) is -1.38. The average Bonchev–Trinajstić information content (AvgIpc) is 2.73. The van der Waals surface area contributed by atoms with Crippen LogP contribution in [-0.2, 0) is 9.53 Å². The number of nitrogens with zero attached hydrogens (tertiary/aromatic N) is 1. The fourth-order valence-electron chi connectivity index (χ4n) is 2.81. The number of hydrogen-bond acceptors (Lipinski definition) is 3. The SMILES string of the molecule is CCCC(C)C1(C(=O)O)CCN(C(=O)OC(C)(C)C)C1. The van der Waals surface area contributed by atoms with Crippen molar-refractivity contribution in [1.82, 2.24) is 4.90 Å². The molecule has 0 spiro atoms. The lowest BCUT2D eigenvalue weighted by molar-refractivity contribution is -0.151. The Morgan fingerprint density at radius 2 is 2.00 bits per heavy atom. The van der Waals surface area contributed by atoms with Gasteiger partial charge in [-0.3, -0.25) is 4.79 Å². The van der Waals surface area contributed by atoms with E-state index in [0.717, 1.165) is 12.8 Å². The molecular weight excluding hydrogens is 258 g/mol. The van der Waals surface area contributed by atoms with Crippen molar-refractivity contribution in [3.63, 3.8) is 0 Å². The summed E-state index contributed by atoms with van der Waals surface area (Å²) in [6.45, 7) is 10.2. The Hall–Kier alpha value is -1.26. The third kappa shape index (κ3) is 3.64. The Labute approximate surface area is 121 Å². The normalized spacial score (nSPS) is 24.6. The first-order valence-corrected chi connectivity index (χ1v) is 7.33. The van der Waals surface area contributed by atoms with Gasteiger partial charge in [0.15, 0.2) is 0 Å². The Morgan fingerprint density at radius 1 is 1.40 bits per heavy atom. The van der Waals surface area contributed by atoms with E-state index < -0.39 is 23.1 Å². The fraction of sp³-hybridized carbons (Fsp3) is 0.867. The van der Waals surface area contributed by atoms with E-state index in [9.17, 15) is 14.7 Å². The van der Waals surface area contributed by atoms with Crippen molar-refractivity contribution in [3.8, 4) is 0 Å². The van der Waals surface area contributed by atoms with Gasteiger partial charge in [-0.1, -0.05) is 20.3 Å². The number of aliphatic carboxylic acids is 1. The standard InChI is InChI=1S/C15H27NO4/c1-6-7-11(2)15(12(17)18)8-9-16(10-15)13(19)20-14(3,4)5/h11H,6-10H2,1-5H3,(H,17,18). The lowest BCUT2D eigenvalue weighted by Gasteiger charge is -2.31. The van der Waals surface area contributed by atoms with Gasteiger partial charge in [-0.2, -0.15) is 0 Å². The lowest BCUT2D eigenvalue weighted by Crippen LogP contribution is -2.42. The topological polar surface area (TPSA) is 66.8 Å². The molecular formula is C15H27NO4. The molecule has 1 aliphatic heterocycles. The Kier molecular flexibility index (Phi) is 5.05. The monoisotopic (exact) mass is 285 g/mol. The highest BCUT2D eigenvalue weighted by molar-refractivity contribution is 5.78. The highest BCUT2D eigenvalue weighted by Gasteiger charge is 2.50. The van der Waals surface area contributed by atoms with E-state index >= 15 is 0 Å². The number of ether oxygens (including phenoxy) is 1. The molecule has 116 valence electrons. The maximum atomic E-state index is 12.1. The van der Waals surface area contributed by atoms with Crippen molar-refractivity contribution in [2.45, 2.75) is 59.5 Å². The number of carboxylic acid groups (broad SMARTS) is 1. The Bertz CT molecular complexity index is 375. The third-order valence-electron chi connectivity index (χ3n) is 4.04. The second-order valence-electron chi connectivity index (χ2n) is 6.80. The number of carbonyl (C=O) groups is 2. The highest BCUT2D eigenvalue weighted by atomic mass is 16.6. The number of carbonyl (C=O) groups excluding carboxylic acids is 1. The molecule has 5 nitrogen and oxygen atoms in total. The summed E-state index contributed by atoms with van der Waals surface area (Å²) in [6.07, 6.45) is 1.89. The van der Waals surface area contributed by atoms with Crippen LogP contribution in [0.3, 0.4) is 0 Å². The van der Waals surface area contributed by atoms with Gasteiger partial charge in [-0.15, -0.1) is 0 Å². The molecule has 2 unspecified atom stereocenters. The first kappa shape index (κ1) is 16.8. The minimum Gasteiger partial charge on any atom is -0.481 e. The molecule has 0 saturated carbocycles. The van der Waals surface area contributed by atoms with E-state index in [1.807, 2.05) is 34.6 Å². The smallest absolute Gasteiger partial charge is 0.410 e. The number of amides is 1. The molecule has 0 aromatic rings. The van der Waals surface area contributed by atoms with E-state index in [2.05, 4.69) is 0 Å². The van der Waals surface area contributed by atoms with Gasteiger partial charge in [0.05, 0.1) is 5.41 Å². The molecule has 1 N–H and O–H groups in total. The molecule has 1 fully saturated rings. The summed E-state index contributed by atoms with van der Waals surface area (Å²) in [6, 6.07) is 0. The summed E-state index contributed by atoms with van der Waals surface area (Å²) >= 11 is 0. The molecule has 1 rings (SSSR count). The van der Waals surface area contributed by atoms with Gasteiger partial charge in [0, 0.05) is 13.1 Å². The summed E-state index contributed by atoms with van der Waals surface area (Å²) < 4.78 is 5.33. The summed E-state index contributed by atoms with van der Waals surface area (Å²) in [7, 11) is 0. The van der Waals surface area contributed by atoms with Crippen LogP contribution in [0, 0.1) is 11.3 Å². The molecule has 0 aromatic carbocycles. The number of carboxylic acids is 1. The fourth-order valence-corrected chi connectivity index (χ4v) is 2.81. The van der Waals surface area contributed by atoms with Gasteiger partial charge in [0.25, 0.3) is 0 Å². The summed E-state index contributed by atoms with van der Waals surface area (Å²) in [4.78, 5) is 25.3. The van der Waals surface area contributed by atoms with Crippen molar-refractivity contribution >= 4 is 12.1 Å². The van der Waals surface area contributed by atoms with Gasteiger partial charge in [-0.25, -0.2) is 4.79 Å². The number of rotatable bonds is 4. The molecule has 0 radical (unpaired) electrons. The van der Waals surface area contributed by atoms with Crippen molar-refractivity contribution in [2.75, 3.05) is 13.1 Å². The van der Waals surface area contributed by atoms with E-state index in [4.69, 9.17) is 4.74 Å². The van der Waals surface area contributed by atoms with Gasteiger partial charge in [-0.05, 0) is 39.5 Å². The Morgan fingerprint density at radius 3 is 2.45 bits per heavy atom. The predicted molar refractivity (Wildman–Crippen MR) is 76.6 cm³/mol. The van der Waals surface area contributed by atoms with Gasteiger partial charge >= 0.3 is 12.1 Å². The number of likely N-dealkylation sites (tertiary alicyclic amines) is 1. The minimum atomic E-state index is -0.826. The van der Waals surface area contributed by atoms with Crippen molar-refractivity contribution < 1.29 is 19.4 Å². The average molecular weight is 285 g/mol. The number of hydrogen-bond donors (Lipinski definition) is 1. The first-order chi connectivity index (χ1) is 9.12. The van der Waals surface area contributed by atoms with Crippen LogP contribution in [0.2, 0.25) is 0 Å². The largest absolute Gasteiger partial charge is 0.481 e. The molecule has 0 bridgehead atoms. The van der Waals surface area contributed by atoms with Crippen LogP contribution in [0.25, 0.3) is 0 Å². The van der Waals surface area contributed by atoms with Crippen LogP contribution in [0.4, 0.5) is 4.79 Å². The van der Waals surface area contributed by atoms with Crippen LogP contribution in [0.1, 0.15) is 53.9 Å². The zero-order valence-corrected chi connectivity index (χ0v) is 13.2. The van der Waals surface area contributed by atoms with Crippen molar-refractivity contribution in [1.29, 1.82) is 0 Å². The van der Waals surface area contributed by atoms with E-state index in [0.29, 0.717) is 13.0 Å². The molecule has 20 heavy (non-hydrogen) atoms. The zero-order valence-electron chi connectivity index (χ0n) is 13.2. The zero-order chi connectivity index (χ0) is 15.6. The second kappa shape index (κ2) is 6.02. The van der Waals surface area contributed by atoms with Crippen LogP contribution in [0.5, 0.6) is 0 Å². The van der Waals surface area contributed by atoms with Crippen molar-refractivity contribution in [3.05, 3.63) is 0 Å². The quantitative estimate of drug-likeness (QED) is 0.861. The maximum Gasteiger partial charge on any atom is 0.410 e. The molecule has 1 amide bonds. The molecule has 0 aliphatic carbocycles. The molecule has 5 heteroatoms. The van der Waals surface area contributed by atoms with Crippen molar-refractivity contribution in [2.24, 2.45) is 11.3 Å². The lowest BCUT2D eigenvalue weighted by atomic mass is 9.73. The summed E-state index contributed by atoms with van der Waals surface area (Å²) in [5, 5.41) is 9.61. The van der Waals surface area contributed by atoms with E-state index in [-0.39, 0.29) is 12.5 Å². The van der Waals surface area contributed by atoms with Crippen LogP contribution in [0.15, 0.2) is 0 Å². The summed E-state index contributed by atoms with van der Waals surface area (Å²) in [5.74, 6) is -0.748. The Balaban J connectivity index is 2.80. The van der Waals surface area contributed by atoms with Crippen LogP contribution >= 0.6 is 0 Å². The van der Waals surface area contributed by atoms with Gasteiger partial charge in [0.2, 0.25) is 0 Å². The minimum absolute atomic E-state index is 0.0532. The highest BCUT2D eigenvalue weighted by Crippen LogP contribution is 2.40. The van der Waals surface area contributed by atoms with Crippen LogP contribution < -0.4 is 0 Å². The molecule has 2 atom stereocenters. The molecule has 0 aromatic heterocycles. The van der Waals surface area contributed by atoms with Crippen LogP contribution in [-0.4, -0.2) is 40.8 Å². The molecule has 1 aliphatic rings. The van der Waals surface area contributed by atoms with E-state index in [1.54, 1.807) is 0 Å². The first-order valence-electron chi connectivity index (χ1n) is 7.33. The van der Waals surface area contributed by atoms with Gasteiger partial charge in [0.1, 0.15) is 5.60 Å². The van der Waals surface area contributed by atoms with E-state index in [1.165, 1.54) is 4.90 Å². The third-order valence-corrected chi connectivity index (χ3v) is 4.04. The molecule has 1 heterocycles. The van der Waals surface area contributed by atoms with Gasteiger partial charge < -0.3 is 14.7 Å². The predicted octanol–water partition coefficient (Wildman–Crippen LogP) is 3.13. The molecule has 1 saturated heterocycles. The second-order valence-corrected chi connectivity index (χ2v) is 6.80.